The Kier molecular flexibility index (Phi) is 4.94. The van der Waals surface area contributed by atoms with Crippen LogP contribution in [0.3, 0.4) is 0 Å². The van der Waals surface area contributed by atoms with Gasteiger partial charge in [0.1, 0.15) is 6.54 Å². The molecule has 3 aromatic rings. The van der Waals surface area contributed by atoms with E-state index in [-0.39, 0.29) is 24.3 Å². The summed E-state index contributed by atoms with van der Waals surface area (Å²) in [7, 11) is 1.50. The van der Waals surface area contributed by atoms with E-state index in [1.165, 1.54) is 11.6 Å². The molecular formula is C20H23N5O5. The normalized spacial score (nSPS) is 16.0. The number of carbonyl (C=O) groups is 1. The molecule has 0 saturated carbocycles. The minimum atomic E-state index is -0.744. The van der Waals surface area contributed by atoms with Crippen molar-refractivity contribution in [3.63, 3.8) is 0 Å². The van der Waals surface area contributed by atoms with Gasteiger partial charge in [0, 0.05) is 12.7 Å². The van der Waals surface area contributed by atoms with Gasteiger partial charge in [-0.3, -0.25) is 14.2 Å². The molecule has 4 rings (SSSR count). The second-order valence-electron chi connectivity index (χ2n) is 7.33. The van der Waals surface area contributed by atoms with Crippen molar-refractivity contribution in [2.75, 3.05) is 18.1 Å². The molecule has 158 valence electrons. The molecule has 1 aromatic carbocycles. The second-order valence-corrected chi connectivity index (χ2v) is 7.33. The van der Waals surface area contributed by atoms with E-state index >= 15 is 0 Å². The van der Waals surface area contributed by atoms with Crippen LogP contribution in [-0.4, -0.2) is 49.0 Å². The highest BCUT2D eigenvalue weighted by molar-refractivity contribution is 5.77. The van der Waals surface area contributed by atoms with E-state index in [4.69, 9.17) is 4.74 Å². The first kappa shape index (κ1) is 19.9. The number of carbonyl (C=O) groups excluding carboxylic acids is 1. The smallest absolute Gasteiger partial charge is 0.333 e. The summed E-state index contributed by atoms with van der Waals surface area (Å²) in [5.41, 5.74) is 0.969. The van der Waals surface area contributed by atoms with E-state index in [0.717, 1.165) is 15.8 Å². The van der Waals surface area contributed by atoms with Crippen molar-refractivity contribution in [1.82, 2.24) is 18.7 Å². The lowest BCUT2D eigenvalue weighted by atomic mass is 10.2. The molecule has 1 N–H and O–H groups in total. The summed E-state index contributed by atoms with van der Waals surface area (Å²) in [6.07, 6.45) is -0.744. The summed E-state index contributed by atoms with van der Waals surface area (Å²) >= 11 is 0. The molecule has 3 heterocycles. The number of ether oxygens (including phenoxy) is 1. The molecule has 0 spiro atoms. The van der Waals surface area contributed by atoms with Crippen molar-refractivity contribution in [3.05, 3.63) is 50.7 Å². The Morgan fingerprint density at radius 1 is 1.23 bits per heavy atom. The van der Waals surface area contributed by atoms with Gasteiger partial charge in [0.25, 0.3) is 5.56 Å². The molecule has 0 fully saturated rings. The summed E-state index contributed by atoms with van der Waals surface area (Å²) < 4.78 is 8.57. The Bertz CT molecular complexity index is 1240. The lowest BCUT2D eigenvalue weighted by Crippen LogP contribution is -2.43. The van der Waals surface area contributed by atoms with E-state index in [1.54, 1.807) is 11.5 Å². The Hall–Kier alpha value is -3.40. The number of anilines is 2. The molecule has 1 aliphatic heterocycles. The standard InChI is InChI=1S/C20H23N5O5/c1-4-30-15(27)11-25-18(28)16-17(22(3)20(25)29)21-19-23(9-14(26)10-24(16)19)13-7-5-12(2)6-8-13/h5-8,14,26H,4,9-11H2,1-3H3. The van der Waals surface area contributed by atoms with Crippen molar-refractivity contribution < 1.29 is 14.6 Å². The number of aryl methyl sites for hydroxylation is 2. The van der Waals surface area contributed by atoms with Gasteiger partial charge in [0.2, 0.25) is 5.95 Å². The number of benzene rings is 1. The molecule has 0 bridgehead atoms. The van der Waals surface area contributed by atoms with Gasteiger partial charge in [-0.05, 0) is 26.0 Å². The first-order valence-electron chi connectivity index (χ1n) is 9.69. The Labute approximate surface area is 171 Å². The highest BCUT2D eigenvalue weighted by Gasteiger charge is 2.30. The van der Waals surface area contributed by atoms with Gasteiger partial charge in [-0.25, -0.2) is 9.36 Å². The van der Waals surface area contributed by atoms with Crippen molar-refractivity contribution in [3.8, 4) is 0 Å². The number of β-amino-alcohol motifs (C(OH)–C–C–N with tert-alkyl or cyclic N) is 1. The number of aromatic nitrogens is 4. The van der Waals surface area contributed by atoms with Crippen LogP contribution in [-0.2, 0) is 29.7 Å². The van der Waals surface area contributed by atoms with Gasteiger partial charge in [-0.2, -0.15) is 4.98 Å². The number of aliphatic hydroxyl groups is 1. The van der Waals surface area contributed by atoms with Crippen LogP contribution in [0.1, 0.15) is 12.5 Å². The number of hydrogen-bond acceptors (Lipinski definition) is 7. The highest BCUT2D eigenvalue weighted by Crippen LogP contribution is 2.31. The lowest BCUT2D eigenvalue weighted by molar-refractivity contribution is -0.143. The molecule has 1 aliphatic rings. The van der Waals surface area contributed by atoms with Crippen molar-refractivity contribution in [2.45, 2.75) is 33.0 Å². The quantitative estimate of drug-likeness (QED) is 0.612. The summed E-state index contributed by atoms with van der Waals surface area (Å²) in [6, 6.07) is 7.72. The van der Waals surface area contributed by atoms with Crippen LogP contribution in [0.5, 0.6) is 0 Å². The van der Waals surface area contributed by atoms with Crippen LogP contribution in [0.4, 0.5) is 11.6 Å². The van der Waals surface area contributed by atoms with Gasteiger partial charge in [-0.1, -0.05) is 17.7 Å². The number of fused-ring (bicyclic) bond motifs is 3. The molecule has 30 heavy (non-hydrogen) atoms. The average Bonchev–Trinajstić information content (AvgIpc) is 3.09. The molecule has 10 nitrogen and oxygen atoms in total. The first-order valence-corrected chi connectivity index (χ1v) is 9.69. The molecule has 2 aromatic heterocycles. The Morgan fingerprint density at radius 3 is 2.60 bits per heavy atom. The van der Waals surface area contributed by atoms with Crippen molar-refractivity contribution >= 4 is 28.8 Å². The van der Waals surface area contributed by atoms with E-state index in [1.807, 2.05) is 36.1 Å². The van der Waals surface area contributed by atoms with Crippen LogP contribution in [0, 0.1) is 6.92 Å². The molecular weight excluding hydrogens is 390 g/mol. The van der Waals surface area contributed by atoms with E-state index in [2.05, 4.69) is 4.98 Å². The third-order valence-corrected chi connectivity index (χ3v) is 5.18. The second kappa shape index (κ2) is 7.45. The third-order valence-electron chi connectivity index (χ3n) is 5.18. The summed E-state index contributed by atoms with van der Waals surface area (Å²) in [6.45, 7) is 3.75. The van der Waals surface area contributed by atoms with Crippen LogP contribution in [0.15, 0.2) is 33.9 Å². The van der Waals surface area contributed by atoms with Crippen LogP contribution >= 0.6 is 0 Å². The fourth-order valence-corrected chi connectivity index (χ4v) is 3.72. The molecule has 1 atom stereocenters. The molecule has 0 amide bonds. The van der Waals surface area contributed by atoms with Gasteiger partial charge in [0.05, 0.1) is 25.8 Å². The number of esters is 1. The van der Waals surface area contributed by atoms with Gasteiger partial charge >= 0.3 is 11.7 Å². The highest BCUT2D eigenvalue weighted by atomic mass is 16.5. The Morgan fingerprint density at radius 2 is 1.93 bits per heavy atom. The van der Waals surface area contributed by atoms with Crippen molar-refractivity contribution in [2.24, 2.45) is 7.05 Å². The Balaban J connectivity index is 1.93. The van der Waals surface area contributed by atoms with E-state index in [0.29, 0.717) is 12.5 Å². The zero-order valence-corrected chi connectivity index (χ0v) is 17.0. The summed E-state index contributed by atoms with van der Waals surface area (Å²) in [5, 5.41) is 10.5. The maximum absolute atomic E-state index is 13.1. The monoisotopic (exact) mass is 413 g/mol. The number of rotatable bonds is 4. The zero-order chi connectivity index (χ0) is 21.6. The predicted octanol–water partition coefficient (Wildman–Crippen LogP) is 0.281. The van der Waals surface area contributed by atoms with Crippen LogP contribution in [0.2, 0.25) is 0 Å². The molecule has 0 aliphatic carbocycles. The molecule has 0 radical (unpaired) electrons. The maximum Gasteiger partial charge on any atom is 0.333 e. The fraction of sp³-hybridized carbons (Fsp3) is 0.400. The largest absolute Gasteiger partial charge is 0.465 e. The predicted molar refractivity (Wildman–Crippen MR) is 110 cm³/mol. The SMILES string of the molecule is CCOC(=O)Cn1c(=O)c2c(nc3n2CC(O)CN3c2ccc(C)cc2)n(C)c1=O. The number of nitrogens with zero attached hydrogens (tertiary/aromatic N) is 5. The van der Waals surface area contributed by atoms with E-state index in [9.17, 15) is 19.5 Å². The maximum atomic E-state index is 13.1. The molecule has 0 saturated heterocycles. The van der Waals surface area contributed by atoms with Gasteiger partial charge < -0.3 is 19.3 Å². The summed E-state index contributed by atoms with van der Waals surface area (Å²) in [5.74, 6) is -0.212. The minimum Gasteiger partial charge on any atom is -0.465 e. The van der Waals surface area contributed by atoms with Crippen molar-refractivity contribution in [1.29, 1.82) is 0 Å². The zero-order valence-electron chi connectivity index (χ0n) is 17.0. The summed E-state index contributed by atoms with van der Waals surface area (Å²) in [4.78, 5) is 44.1. The number of imidazole rings is 1. The fourth-order valence-electron chi connectivity index (χ4n) is 3.72. The lowest BCUT2D eigenvalue weighted by Gasteiger charge is -2.32. The minimum absolute atomic E-state index is 0.149. The first-order chi connectivity index (χ1) is 14.3. The average molecular weight is 413 g/mol. The number of aliphatic hydroxyl groups excluding tert-OH is 1. The third kappa shape index (κ3) is 3.18. The van der Waals surface area contributed by atoms with E-state index < -0.39 is 29.9 Å². The topological polar surface area (TPSA) is 112 Å². The van der Waals surface area contributed by atoms with Gasteiger partial charge in [0.15, 0.2) is 11.2 Å². The molecule has 1 unspecified atom stereocenters. The van der Waals surface area contributed by atoms with Crippen LogP contribution < -0.4 is 16.1 Å². The van der Waals surface area contributed by atoms with Crippen LogP contribution in [0.25, 0.3) is 11.2 Å². The number of hydrogen-bond donors (Lipinski definition) is 1. The molecule has 10 heteroatoms. The van der Waals surface area contributed by atoms with Gasteiger partial charge in [-0.15, -0.1) is 0 Å².